The second-order valence-electron chi connectivity index (χ2n) is 5.09. The minimum atomic E-state index is -0.219. The number of carbonyl (C=O) groups is 1. The summed E-state index contributed by atoms with van der Waals surface area (Å²) in [5, 5.41) is 0. The summed E-state index contributed by atoms with van der Waals surface area (Å²) in [5.74, 6) is -0.167. The molecule has 3 rings (SSSR count). The van der Waals surface area contributed by atoms with Crippen molar-refractivity contribution in [3.8, 4) is 0 Å². The maximum atomic E-state index is 12.0. The highest BCUT2D eigenvalue weighted by atomic mass is 16.5. The van der Waals surface area contributed by atoms with Crippen LogP contribution in [0.15, 0.2) is 6.33 Å². The van der Waals surface area contributed by atoms with Gasteiger partial charge >= 0.3 is 5.97 Å². The molecular weight excluding hydrogens is 246 g/mol. The molecule has 19 heavy (non-hydrogen) atoms. The molecule has 0 saturated carbocycles. The topological polar surface area (TPSA) is 67.5 Å². The van der Waals surface area contributed by atoms with Crippen molar-refractivity contribution in [2.75, 3.05) is 20.3 Å². The van der Waals surface area contributed by atoms with Crippen LogP contribution in [-0.4, -0.2) is 53.2 Å². The molecule has 104 valence electrons. The van der Waals surface area contributed by atoms with Gasteiger partial charge in [0.25, 0.3) is 0 Å². The number of aromatic nitrogens is 2. The fraction of sp³-hybridized carbons (Fsp3) is 0.692. The van der Waals surface area contributed by atoms with E-state index >= 15 is 0 Å². The van der Waals surface area contributed by atoms with E-state index in [1.54, 1.807) is 6.33 Å². The first-order chi connectivity index (χ1) is 9.29. The largest absolute Gasteiger partial charge is 0.468 e. The molecule has 2 aliphatic heterocycles. The summed E-state index contributed by atoms with van der Waals surface area (Å²) in [4.78, 5) is 21.7. The Kier molecular flexibility index (Phi) is 3.52. The van der Waals surface area contributed by atoms with Gasteiger partial charge < -0.3 is 14.5 Å². The standard InChI is InChI=1S/C13H19N3O3/c1-18-13(17)12-6-10-11(15-8-14-10)7-16(12)9-2-4-19-5-3-9/h8-9,12H,2-7H2,1H3,(H,14,15)/t12-/m0/s1. The van der Waals surface area contributed by atoms with Crippen molar-refractivity contribution in [2.24, 2.45) is 0 Å². The summed E-state index contributed by atoms with van der Waals surface area (Å²) < 4.78 is 10.4. The molecule has 0 aromatic carbocycles. The molecular formula is C13H19N3O3. The van der Waals surface area contributed by atoms with E-state index in [9.17, 15) is 4.79 Å². The normalized spacial score (nSPS) is 25.0. The number of H-pyrrole nitrogens is 1. The highest BCUT2D eigenvalue weighted by Crippen LogP contribution is 2.27. The molecule has 1 fully saturated rings. The average Bonchev–Trinajstić information content (AvgIpc) is 2.93. The lowest BCUT2D eigenvalue weighted by atomic mass is 9.97. The molecule has 1 N–H and O–H groups in total. The predicted octanol–water partition coefficient (Wildman–Crippen LogP) is 0.488. The van der Waals surface area contributed by atoms with Crippen LogP contribution >= 0.6 is 0 Å². The van der Waals surface area contributed by atoms with Crippen molar-refractivity contribution in [3.05, 3.63) is 17.7 Å². The van der Waals surface area contributed by atoms with Gasteiger partial charge in [-0.15, -0.1) is 0 Å². The molecule has 6 nitrogen and oxygen atoms in total. The molecule has 2 aliphatic rings. The second-order valence-corrected chi connectivity index (χ2v) is 5.09. The molecule has 0 aliphatic carbocycles. The Hall–Kier alpha value is -1.40. The van der Waals surface area contributed by atoms with E-state index in [1.165, 1.54) is 7.11 Å². The average molecular weight is 265 g/mol. The van der Waals surface area contributed by atoms with Gasteiger partial charge in [-0.3, -0.25) is 9.69 Å². The third-order valence-corrected chi connectivity index (χ3v) is 4.07. The number of fused-ring (bicyclic) bond motifs is 1. The maximum absolute atomic E-state index is 12.0. The number of carbonyl (C=O) groups excluding carboxylic acids is 1. The predicted molar refractivity (Wildman–Crippen MR) is 67.5 cm³/mol. The van der Waals surface area contributed by atoms with Gasteiger partial charge in [-0.05, 0) is 12.8 Å². The Balaban J connectivity index is 1.84. The maximum Gasteiger partial charge on any atom is 0.323 e. The minimum absolute atomic E-state index is 0.167. The van der Waals surface area contributed by atoms with E-state index < -0.39 is 0 Å². The number of ether oxygens (including phenoxy) is 2. The van der Waals surface area contributed by atoms with Gasteiger partial charge in [-0.2, -0.15) is 0 Å². The zero-order valence-electron chi connectivity index (χ0n) is 11.1. The molecule has 6 heteroatoms. The number of esters is 1. The Morgan fingerprint density at radius 3 is 3.05 bits per heavy atom. The molecule has 0 radical (unpaired) electrons. The van der Waals surface area contributed by atoms with E-state index in [0.717, 1.165) is 44.0 Å². The van der Waals surface area contributed by atoms with E-state index in [0.29, 0.717) is 12.5 Å². The number of rotatable bonds is 2. The molecule has 0 bridgehead atoms. The number of hydrogen-bond acceptors (Lipinski definition) is 5. The monoisotopic (exact) mass is 265 g/mol. The van der Waals surface area contributed by atoms with Crippen LogP contribution in [0.3, 0.4) is 0 Å². The quantitative estimate of drug-likeness (QED) is 0.788. The van der Waals surface area contributed by atoms with Gasteiger partial charge in [0.15, 0.2) is 0 Å². The molecule has 1 saturated heterocycles. The molecule has 0 unspecified atom stereocenters. The molecule has 1 aromatic heterocycles. The summed E-state index contributed by atoms with van der Waals surface area (Å²) in [7, 11) is 1.45. The summed E-state index contributed by atoms with van der Waals surface area (Å²) in [6, 6.07) is 0.165. The lowest BCUT2D eigenvalue weighted by Crippen LogP contribution is -2.52. The Bertz CT molecular complexity index is 454. The number of aromatic amines is 1. The Morgan fingerprint density at radius 2 is 2.32 bits per heavy atom. The molecule has 0 spiro atoms. The third-order valence-electron chi connectivity index (χ3n) is 4.07. The van der Waals surface area contributed by atoms with Gasteiger partial charge in [0.2, 0.25) is 0 Å². The second kappa shape index (κ2) is 5.30. The molecule has 3 heterocycles. The first-order valence-electron chi connectivity index (χ1n) is 6.72. The van der Waals surface area contributed by atoms with Crippen molar-refractivity contribution in [1.29, 1.82) is 0 Å². The third kappa shape index (κ3) is 2.37. The first kappa shape index (κ1) is 12.6. The summed E-state index contributed by atoms with van der Waals surface area (Å²) >= 11 is 0. The van der Waals surface area contributed by atoms with Gasteiger partial charge in [0.1, 0.15) is 6.04 Å². The van der Waals surface area contributed by atoms with Crippen LogP contribution in [0, 0.1) is 0 Å². The van der Waals surface area contributed by atoms with Crippen LogP contribution < -0.4 is 0 Å². The SMILES string of the molecule is COC(=O)[C@@H]1Cc2nc[nH]c2CN1C1CCOCC1. The fourth-order valence-electron chi connectivity index (χ4n) is 3.01. The van der Waals surface area contributed by atoms with E-state index in [-0.39, 0.29) is 12.0 Å². The summed E-state index contributed by atoms with van der Waals surface area (Å²) in [5.41, 5.74) is 2.10. The molecule has 1 aromatic rings. The van der Waals surface area contributed by atoms with Crippen molar-refractivity contribution in [2.45, 2.75) is 37.9 Å². The van der Waals surface area contributed by atoms with Gasteiger partial charge in [-0.25, -0.2) is 4.98 Å². The zero-order valence-corrected chi connectivity index (χ0v) is 11.1. The number of hydrogen-bond donors (Lipinski definition) is 1. The lowest BCUT2D eigenvalue weighted by molar-refractivity contribution is -0.150. The van der Waals surface area contributed by atoms with Gasteiger partial charge in [0, 0.05) is 32.2 Å². The first-order valence-corrected chi connectivity index (χ1v) is 6.72. The highest BCUT2D eigenvalue weighted by Gasteiger charge is 2.38. The van der Waals surface area contributed by atoms with Crippen LogP contribution in [0.1, 0.15) is 24.2 Å². The van der Waals surface area contributed by atoms with Gasteiger partial charge in [0.05, 0.1) is 24.8 Å². The molecule has 1 atom stereocenters. The lowest BCUT2D eigenvalue weighted by Gasteiger charge is -2.40. The van der Waals surface area contributed by atoms with Crippen molar-refractivity contribution < 1.29 is 14.3 Å². The smallest absolute Gasteiger partial charge is 0.323 e. The summed E-state index contributed by atoms with van der Waals surface area (Å²) in [6.45, 7) is 2.27. The molecule has 0 amide bonds. The van der Waals surface area contributed by atoms with Gasteiger partial charge in [-0.1, -0.05) is 0 Å². The Labute approximate surface area is 112 Å². The number of nitrogens with one attached hydrogen (secondary N) is 1. The summed E-state index contributed by atoms with van der Waals surface area (Å²) in [6.07, 6.45) is 4.27. The minimum Gasteiger partial charge on any atom is -0.468 e. The van der Waals surface area contributed by atoms with E-state index in [1.807, 2.05) is 0 Å². The highest BCUT2D eigenvalue weighted by molar-refractivity contribution is 5.76. The number of methoxy groups -OCH3 is 1. The van der Waals surface area contributed by atoms with Crippen LogP contribution in [0.25, 0.3) is 0 Å². The van der Waals surface area contributed by atoms with Crippen LogP contribution in [0.2, 0.25) is 0 Å². The fourth-order valence-corrected chi connectivity index (χ4v) is 3.01. The van der Waals surface area contributed by atoms with Crippen LogP contribution in [0.4, 0.5) is 0 Å². The van der Waals surface area contributed by atoms with Crippen LogP contribution in [-0.2, 0) is 27.2 Å². The van der Waals surface area contributed by atoms with Crippen molar-refractivity contribution >= 4 is 5.97 Å². The number of imidazole rings is 1. The van der Waals surface area contributed by atoms with Crippen molar-refractivity contribution in [3.63, 3.8) is 0 Å². The van der Waals surface area contributed by atoms with Crippen LogP contribution in [0.5, 0.6) is 0 Å². The number of nitrogens with zero attached hydrogens (tertiary/aromatic N) is 2. The zero-order chi connectivity index (χ0) is 13.2. The van der Waals surface area contributed by atoms with E-state index in [4.69, 9.17) is 9.47 Å². The van der Waals surface area contributed by atoms with Crippen molar-refractivity contribution in [1.82, 2.24) is 14.9 Å². The Morgan fingerprint density at radius 1 is 1.53 bits per heavy atom. The van der Waals surface area contributed by atoms with E-state index in [2.05, 4.69) is 14.9 Å².